The average Bonchev–Trinajstić information content (AvgIpc) is 3.24. The molecule has 1 aliphatic carbocycles. The third-order valence-electron chi connectivity index (χ3n) is 3.29. The smallest absolute Gasteiger partial charge is 0.229 e. The van der Waals surface area contributed by atoms with Crippen molar-refractivity contribution in [2.75, 3.05) is 7.11 Å². The van der Waals surface area contributed by atoms with Gasteiger partial charge in [0.2, 0.25) is 11.7 Å². The summed E-state index contributed by atoms with van der Waals surface area (Å²) in [4.78, 5) is 4.31. The normalized spacial score (nSPS) is 14.2. The zero-order valence-electron chi connectivity index (χ0n) is 11.6. The fraction of sp³-hybridized carbons (Fsp3) is 0.429. The Labute approximate surface area is 127 Å². The molecule has 2 aromatic rings. The number of aromatic nitrogens is 2. The summed E-state index contributed by atoms with van der Waals surface area (Å²) in [6, 6.07) is 3.44. The summed E-state index contributed by atoms with van der Waals surface area (Å²) in [7, 11) is 1.55. The van der Waals surface area contributed by atoms with Crippen LogP contribution in [0.25, 0.3) is 0 Å². The lowest BCUT2D eigenvalue weighted by Gasteiger charge is -2.13. The van der Waals surface area contributed by atoms with Gasteiger partial charge in [0.15, 0.2) is 18.1 Å². The minimum atomic E-state index is 0.196. The molecule has 1 aromatic carbocycles. The third kappa shape index (κ3) is 3.11. The van der Waals surface area contributed by atoms with Crippen LogP contribution in [0.15, 0.2) is 16.7 Å². The van der Waals surface area contributed by atoms with E-state index < -0.39 is 0 Å². The molecule has 112 valence electrons. The van der Waals surface area contributed by atoms with Crippen molar-refractivity contribution >= 4 is 11.6 Å². The highest BCUT2D eigenvalue weighted by molar-refractivity contribution is 6.30. The molecule has 0 atom stereocenters. The number of hydrogen-bond acceptors (Lipinski definition) is 6. The van der Waals surface area contributed by atoms with E-state index in [0.29, 0.717) is 40.7 Å². The number of benzene rings is 1. The van der Waals surface area contributed by atoms with Crippen LogP contribution in [-0.2, 0) is 13.2 Å². The molecule has 0 aliphatic heterocycles. The second kappa shape index (κ2) is 5.91. The van der Waals surface area contributed by atoms with Crippen molar-refractivity contribution in [3.8, 4) is 11.5 Å². The lowest BCUT2D eigenvalue weighted by Crippen LogP contribution is -2.05. The van der Waals surface area contributed by atoms with Crippen molar-refractivity contribution in [1.29, 1.82) is 0 Å². The summed E-state index contributed by atoms with van der Waals surface area (Å²) in [5.41, 5.74) is 6.49. The molecule has 1 fully saturated rings. The Balaban J connectivity index is 1.76. The topological polar surface area (TPSA) is 83.4 Å². The summed E-state index contributed by atoms with van der Waals surface area (Å²) in [6.07, 6.45) is 2.23. The van der Waals surface area contributed by atoms with E-state index in [0.717, 1.165) is 18.4 Å². The molecule has 0 bridgehead atoms. The first kappa shape index (κ1) is 14.2. The molecule has 6 nitrogen and oxygen atoms in total. The van der Waals surface area contributed by atoms with E-state index in [-0.39, 0.29) is 6.61 Å². The fourth-order valence-corrected chi connectivity index (χ4v) is 2.28. The molecule has 7 heteroatoms. The van der Waals surface area contributed by atoms with E-state index in [2.05, 4.69) is 10.1 Å². The van der Waals surface area contributed by atoms with Crippen molar-refractivity contribution in [2.24, 2.45) is 5.73 Å². The number of halogens is 1. The Morgan fingerprint density at radius 3 is 2.90 bits per heavy atom. The van der Waals surface area contributed by atoms with E-state index in [4.69, 9.17) is 31.3 Å². The van der Waals surface area contributed by atoms with Crippen molar-refractivity contribution in [3.63, 3.8) is 0 Å². The second-order valence-electron chi connectivity index (χ2n) is 4.91. The maximum atomic E-state index is 6.01. The molecular formula is C14H16ClN3O3. The van der Waals surface area contributed by atoms with Crippen molar-refractivity contribution in [1.82, 2.24) is 10.1 Å². The van der Waals surface area contributed by atoms with Gasteiger partial charge in [0.25, 0.3) is 0 Å². The molecule has 2 N–H and O–H groups in total. The number of ether oxygens (including phenoxy) is 2. The molecule has 0 radical (unpaired) electrons. The van der Waals surface area contributed by atoms with E-state index in [1.165, 1.54) is 0 Å². The van der Waals surface area contributed by atoms with Gasteiger partial charge < -0.3 is 19.7 Å². The van der Waals surface area contributed by atoms with Gasteiger partial charge >= 0.3 is 0 Å². The molecule has 0 amide bonds. The van der Waals surface area contributed by atoms with Gasteiger partial charge in [0.1, 0.15) is 0 Å². The van der Waals surface area contributed by atoms with Crippen LogP contribution < -0.4 is 15.2 Å². The summed E-state index contributed by atoms with van der Waals surface area (Å²) < 4.78 is 16.2. The maximum Gasteiger partial charge on any atom is 0.229 e. The van der Waals surface area contributed by atoms with Gasteiger partial charge in [-0.15, -0.1) is 0 Å². The summed E-state index contributed by atoms with van der Waals surface area (Å²) in [6.45, 7) is 0.493. The monoisotopic (exact) mass is 309 g/mol. The zero-order valence-corrected chi connectivity index (χ0v) is 12.4. The molecule has 0 unspecified atom stereocenters. The largest absolute Gasteiger partial charge is 0.493 e. The highest BCUT2D eigenvalue weighted by atomic mass is 35.5. The van der Waals surface area contributed by atoms with E-state index in [9.17, 15) is 0 Å². The second-order valence-corrected chi connectivity index (χ2v) is 5.35. The van der Waals surface area contributed by atoms with Crippen molar-refractivity contribution < 1.29 is 14.0 Å². The number of methoxy groups -OCH3 is 1. The summed E-state index contributed by atoms with van der Waals surface area (Å²) in [5, 5.41) is 4.46. The highest BCUT2D eigenvalue weighted by Crippen LogP contribution is 2.39. The number of rotatable bonds is 6. The van der Waals surface area contributed by atoms with Gasteiger partial charge in [0, 0.05) is 29.1 Å². The van der Waals surface area contributed by atoms with Crippen LogP contribution in [0, 0.1) is 0 Å². The Morgan fingerprint density at radius 2 is 2.24 bits per heavy atom. The Bertz CT molecular complexity index is 615. The SMILES string of the molecule is COc1cc(Cl)cc(CN)c1OCc1noc(C2CC2)n1. The molecule has 0 spiro atoms. The number of hydrogen-bond donors (Lipinski definition) is 1. The van der Waals surface area contributed by atoms with E-state index >= 15 is 0 Å². The first-order valence-corrected chi connectivity index (χ1v) is 7.10. The zero-order chi connectivity index (χ0) is 14.8. The van der Waals surface area contributed by atoms with Crippen molar-refractivity contribution in [2.45, 2.75) is 31.9 Å². The molecule has 21 heavy (non-hydrogen) atoms. The van der Waals surface area contributed by atoms with Gasteiger partial charge in [0.05, 0.1) is 7.11 Å². The van der Waals surface area contributed by atoms with E-state index in [1.807, 2.05) is 0 Å². The maximum absolute atomic E-state index is 6.01. The van der Waals surface area contributed by atoms with Gasteiger partial charge in [-0.2, -0.15) is 4.98 Å². The van der Waals surface area contributed by atoms with Gasteiger partial charge in [-0.25, -0.2) is 0 Å². The standard InChI is InChI=1S/C14H16ClN3O3/c1-19-11-5-10(15)4-9(6-16)13(11)20-7-12-17-14(21-18-12)8-2-3-8/h4-5,8H,2-3,6-7,16H2,1H3. The van der Waals surface area contributed by atoms with Gasteiger partial charge in [-0.1, -0.05) is 16.8 Å². The van der Waals surface area contributed by atoms with Crippen LogP contribution in [0.1, 0.15) is 36.0 Å². The number of nitrogens with zero attached hydrogens (tertiary/aromatic N) is 2. The van der Waals surface area contributed by atoms with Gasteiger partial charge in [-0.05, 0) is 18.9 Å². The van der Waals surface area contributed by atoms with Crippen LogP contribution in [0.5, 0.6) is 11.5 Å². The molecule has 0 saturated heterocycles. The van der Waals surface area contributed by atoms with Crippen LogP contribution in [-0.4, -0.2) is 17.3 Å². The molecule has 1 aromatic heterocycles. The van der Waals surface area contributed by atoms with E-state index in [1.54, 1.807) is 19.2 Å². The van der Waals surface area contributed by atoms with Gasteiger partial charge in [-0.3, -0.25) is 0 Å². The summed E-state index contributed by atoms with van der Waals surface area (Å²) in [5.74, 6) is 2.72. The van der Waals surface area contributed by atoms with Crippen LogP contribution in [0.4, 0.5) is 0 Å². The first-order valence-electron chi connectivity index (χ1n) is 6.73. The third-order valence-corrected chi connectivity index (χ3v) is 3.51. The molecule has 1 saturated carbocycles. The average molecular weight is 310 g/mol. The van der Waals surface area contributed by atoms with Crippen LogP contribution >= 0.6 is 11.6 Å². The minimum absolute atomic E-state index is 0.196. The Hall–Kier alpha value is -1.79. The molecule has 3 rings (SSSR count). The van der Waals surface area contributed by atoms with Crippen molar-refractivity contribution in [3.05, 3.63) is 34.4 Å². The minimum Gasteiger partial charge on any atom is -0.493 e. The molecule has 1 heterocycles. The first-order chi connectivity index (χ1) is 10.2. The fourth-order valence-electron chi connectivity index (χ4n) is 2.05. The lowest BCUT2D eigenvalue weighted by atomic mass is 10.2. The van der Waals surface area contributed by atoms with Crippen LogP contribution in [0.2, 0.25) is 5.02 Å². The van der Waals surface area contributed by atoms with Crippen LogP contribution in [0.3, 0.4) is 0 Å². The number of nitrogens with two attached hydrogens (primary N) is 1. The Kier molecular flexibility index (Phi) is 3.98. The lowest BCUT2D eigenvalue weighted by molar-refractivity contribution is 0.266. The molecule has 1 aliphatic rings. The summed E-state index contributed by atoms with van der Waals surface area (Å²) >= 11 is 6.01. The Morgan fingerprint density at radius 1 is 1.43 bits per heavy atom. The predicted octanol–water partition coefficient (Wildman–Crippen LogP) is 2.65. The molecular weight excluding hydrogens is 294 g/mol. The highest BCUT2D eigenvalue weighted by Gasteiger charge is 2.29. The predicted molar refractivity (Wildman–Crippen MR) is 76.5 cm³/mol. The quantitative estimate of drug-likeness (QED) is 0.883.